The van der Waals surface area contributed by atoms with Gasteiger partial charge in [-0.05, 0) is 32.8 Å². The van der Waals surface area contributed by atoms with Crippen LogP contribution in [0.3, 0.4) is 0 Å². The zero-order valence-corrected chi connectivity index (χ0v) is 13.2. The van der Waals surface area contributed by atoms with E-state index in [1.54, 1.807) is 12.1 Å². The maximum Gasteiger partial charge on any atom is 0.407 e. The van der Waals surface area contributed by atoms with Crippen molar-refractivity contribution in [1.29, 1.82) is 0 Å². The van der Waals surface area contributed by atoms with Crippen molar-refractivity contribution in [2.24, 2.45) is 10.9 Å². The SMILES string of the molecule is CC(C)(C)OC(=O)NCCC=Cc1ccc(C(N)=NO)cc1. The molecule has 0 unspecified atom stereocenters. The zero-order valence-electron chi connectivity index (χ0n) is 13.2. The average molecular weight is 305 g/mol. The van der Waals surface area contributed by atoms with Gasteiger partial charge in [0.25, 0.3) is 0 Å². The molecule has 0 aliphatic heterocycles. The standard InChI is InChI=1S/C16H23N3O3/c1-16(2,3)22-15(20)18-11-5-4-6-12-7-9-13(10-8-12)14(17)19-21/h4,6-10,21H,5,11H2,1-3H3,(H2,17,19)(H,18,20). The van der Waals surface area contributed by atoms with E-state index in [1.165, 1.54) is 0 Å². The Hall–Kier alpha value is -2.50. The smallest absolute Gasteiger partial charge is 0.407 e. The lowest BCUT2D eigenvalue weighted by molar-refractivity contribution is 0.0529. The maximum atomic E-state index is 11.4. The topological polar surface area (TPSA) is 96.9 Å². The Morgan fingerprint density at radius 1 is 1.36 bits per heavy atom. The van der Waals surface area contributed by atoms with E-state index in [2.05, 4.69) is 10.5 Å². The highest BCUT2D eigenvalue weighted by molar-refractivity contribution is 5.97. The lowest BCUT2D eigenvalue weighted by atomic mass is 10.1. The van der Waals surface area contributed by atoms with E-state index in [4.69, 9.17) is 15.7 Å². The molecule has 1 aromatic carbocycles. The Morgan fingerprint density at radius 3 is 2.55 bits per heavy atom. The van der Waals surface area contributed by atoms with Crippen molar-refractivity contribution in [3.05, 3.63) is 41.5 Å². The van der Waals surface area contributed by atoms with Crippen LogP contribution in [-0.2, 0) is 4.74 Å². The van der Waals surface area contributed by atoms with Gasteiger partial charge in [-0.15, -0.1) is 0 Å². The highest BCUT2D eigenvalue weighted by Gasteiger charge is 2.15. The Kier molecular flexibility index (Phi) is 6.44. The molecule has 1 aromatic rings. The predicted octanol–water partition coefficient (Wildman–Crippen LogP) is 2.71. The fourth-order valence-corrected chi connectivity index (χ4v) is 1.61. The molecule has 120 valence electrons. The molecule has 4 N–H and O–H groups in total. The fraction of sp³-hybridized carbons (Fsp3) is 0.375. The second-order valence-corrected chi connectivity index (χ2v) is 5.73. The van der Waals surface area contributed by atoms with Gasteiger partial charge in [-0.1, -0.05) is 41.6 Å². The Bertz CT molecular complexity index is 543. The first-order valence-electron chi connectivity index (χ1n) is 7.03. The summed E-state index contributed by atoms with van der Waals surface area (Å²) in [5, 5.41) is 14.2. The molecule has 22 heavy (non-hydrogen) atoms. The first-order valence-corrected chi connectivity index (χ1v) is 7.03. The van der Waals surface area contributed by atoms with E-state index in [1.807, 2.05) is 45.1 Å². The van der Waals surface area contributed by atoms with E-state index in [9.17, 15) is 4.79 Å². The van der Waals surface area contributed by atoms with Gasteiger partial charge in [0.2, 0.25) is 0 Å². The molecule has 1 rings (SSSR count). The van der Waals surface area contributed by atoms with Gasteiger partial charge >= 0.3 is 6.09 Å². The Labute approximate surface area is 130 Å². The third-order valence-corrected chi connectivity index (χ3v) is 2.60. The largest absolute Gasteiger partial charge is 0.444 e. The molecule has 0 atom stereocenters. The van der Waals surface area contributed by atoms with Crippen LogP contribution >= 0.6 is 0 Å². The monoisotopic (exact) mass is 305 g/mol. The molecule has 0 spiro atoms. The van der Waals surface area contributed by atoms with Crippen LogP contribution < -0.4 is 11.1 Å². The minimum atomic E-state index is -0.485. The van der Waals surface area contributed by atoms with Crippen LogP contribution in [0, 0.1) is 0 Å². The second kappa shape index (κ2) is 8.07. The lowest BCUT2D eigenvalue weighted by Gasteiger charge is -2.19. The summed E-state index contributed by atoms with van der Waals surface area (Å²) >= 11 is 0. The van der Waals surface area contributed by atoms with Crippen molar-refractivity contribution in [2.75, 3.05) is 6.54 Å². The summed E-state index contributed by atoms with van der Waals surface area (Å²) in [4.78, 5) is 11.4. The summed E-state index contributed by atoms with van der Waals surface area (Å²) in [7, 11) is 0. The number of oxime groups is 1. The minimum Gasteiger partial charge on any atom is -0.444 e. The van der Waals surface area contributed by atoms with Crippen molar-refractivity contribution >= 4 is 18.0 Å². The van der Waals surface area contributed by atoms with Crippen LogP contribution in [0.15, 0.2) is 35.5 Å². The van der Waals surface area contributed by atoms with Crippen LogP contribution in [0.2, 0.25) is 0 Å². The highest BCUT2D eigenvalue weighted by atomic mass is 16.6. The number of carbonyl (C=O) groups is 1. The average Bonchev–Trinajstić information content (AvgIpc) is 2.45. The van der Waals surface area contributed by atoms with Crippen molar-refractivity contribution < 1.29 is 14.7 Å². The minimum absolute atomic E-state index is 0.0806. The summed E-state index contributed by atoms with van der Waals surface area (Å²) in [5.41, 5.74) is 6.65. The molecule has 0 aromatic heterocycles. The van der Waals surface area contributed by atoms with Gasteiger partial charge in [0.15, 0.2) is 5.84 Å². The number of ether oxygens (including phenoxy) is 1. The highest BCUT2D eigenvalue weighted by Crippen LogP contribution is 2.07. The first kappa shape index (κ1) is 17.6. The summed E-state index contributed by atoms with van der Waals surface area (Å²) in [6.07, 6.45) is 4.17. The van der Waals surface area contributed by atoms with E-state index in [-0.39, 0.29) is 5.84 Å². The number of nitrogens with zero attached hydrogens (tertiary/aromatic N) is 1. The van der Waals surface area contributed by atoms with Crippen molar-refractivity contribution in [3.8, 4) is 0 Å². The van der Waals surface area contributed by atoms with Crippen molar-refractivity contribution in [1.82, 2.24) is 5.32 Å². The molecular weight excluding hydrogens is 282 g/mol. The molecule has 0 saturated carbocycles. The van der Waals surface area contributed by atoms with E-state index >= 15 is 0 Å². The number of amides is 1. The molecule has 0 saturated heterocycles. The third kappa shape index (κ3) is 6.78. The molecule has 1 amide bonds. The normalized spacial score (nSPS) is 12.4. The maximum absolute atomic E-state index is 11.4. The first-order chi connectivity index (χ1) is 10.3. The fourth-order valence-electron chi connectivity index (χ4n) is 1.61. The van der Waals surface area contributed by atoms with Gasteiger partial charge in [-0.2, -0.15) is 0 Å². The van der Waals surface area contributed by atoms with E-state index < -0.39 is 11.7 Å². The third-order valence-electron chi connectivity index (χ3n) is 2.60. The molecule has 0 heterocycles. The number of hydrogen-bond donors (Lipinski definition) is 3. The number of hydrogen-bond acceptors (Lipinski definition) is 4. The number of rotatable bonds is 5. The molecule has 0 bridgehead atoms. The van der Waals surface area contributed by atoms with Gasteiger partial charge in [-0.25, -0.2) is 4.79 Å². The van der Waals surface area contributed by atoms with Crippen LogP contribution in [0.4, 0.5) is 4.79 Å². The Balaban J connectivity index is 2.36. The summed E-state index contributed by atoms with van der Waals surface area (Å²) in [5.74, 6) is 0.0806. The number of nitrogens with one attached hydrogen (secondary N) is 1. The number of alkyl carbamates (subject to hydrolysis) is 1. The van der Waals surface area contributed by atoms with Crippen LogP contribution in [0.5, 0.6) is 0 Å². The number of benzene rings is 1. The van der Waals surface area contributed by atoms with Crippen molar-refractivity contribution in [3.63, 3.8) is 0 Å². The van der Waals surface area contributed by atoms with Crippen LogP contribution in [0.1, 0.15) is 38.3 Å². The molecule has 6 heteroatoms. The molecule has 0 fully saturated rings. The van der Waals surface area contributed by atoms with Crippen LogP contribution in [0.25, 0.3) is 6.08 Å². The number of amidine groups is 1. The van der Waals surface area contributed by atoms with Gasteiger partial charge in [0.05, 0.1) is 0 Å². The summed E-state index contributed by atoms with van der Waals surface area (Å²) < 4.78 is 5.13. The molecule has 6 nitrogen and oxygen atoms in total. The predicted molar refractivity (Wildman–Crippen MR) is 86.8 cm³/mol. The molecule has 0 aliphatic carbocycles. The van der Waals surface area contributed by atoms with E-state index in [0.717, 1.165) is 5.56 Å². The molecule has 0 radical (unpaired) electrons. The summed E-state index contributed by atoms with van der Waals surface area (Å²) in [6.45, 7) is 5.98. The Morgan fingerprint density at radius 2 is 2.00 bits per heavy atom. The van der Waals surface area contributed by atoms with Gasteiger partial charge in [-0.3, -0.25) is 0 Å². The summed E-state index contributed by atoms with van der Waals surface area (Å²) in [6, 6.07) is 7.28. The molecule has 0 aliphatic rings. The quantitative estimate of drug-likeness (QED) is 0.256. The van der Waals surface area contributed by atoms with E-state index in [0.29, 0.717) is 18.5 Å². The van der Waals surface area contributed by atoms with Gasteiger partial charge in [0.1, 0.15) is 5.60 Å². The van der Waals surface area contributed by atoms with Gasteiger partial charge in [0, 0.05) is 12.1 Å². The van der Waals surface area contributed by atoms with Gasteiger partial charge < -0.3 is 21.0 Å². The molecular formula is C16H23N3O3. The van der Waals surface area contributed by atoms with Crippen LogP contribution in [-0.4, -0.2) is 29.3 Å². The second-order valence-electron chi connectivity index (χ2n) is 5.73. The number of nitrogens with two attached hydrogens (primary N) is 1. The zero-order chi connectivity index (χ0) is 16.6. The van der Waals surface area contributed by atoms with Crippen molar-refractivity contribution in [2.45, 2.75) is 32.8 Å². The lowest BCUT2D eigenvalue weighted by Crippen LogP contribution is -2.32. The number of carbonyl (C=O) groups excluding carboxylic acids is 1.